The van der Waals surface area contributed by atoms with Crippen LogP contribution in [0, 0.1) is 0 Å². The summed E-state index contributed by atoms with van der Waals surface area (Å²) in [4.78, 5) is 47.9. The van der Waals surface area contributed by atoms with Gasteiger partial charge in [0.15, 0.2) is 5.65 Å². The largest absolute Gasteiger partial charge is 0.384 e. The quantitative estimate of drug-likeness (QED) is 0.352. The SMILES string of the molecule is CCc1nc2ccccc2n1-c1nc(C2CNCCO2)c2nc(CN3CCN(C(=O)C(C)O)CC3=O)n(C)c2n1. The summed E-state index contributed by atoms with van der Waals surface area (Å²) in [6.07, 6.45) is -0.741. The zero-order valence-corrected chi connectivity index (χ0v) is 22.9. The van der Waals surface area contributed by atoms with Crippen molar-refractivity contribution in [1.29, 1.82) is 0 Å². The zero-order chi connectivity index (χ0) is 28.0. The number of morpholine rings is 1. The molecule has 0 saturated carbocycles. The Morgan fingerprint density at radius 1 is 1.18 bits per heavy atom. The van der Waals surface area contributed by atoms with Gasteiger partial charge >= 0.3 is 0 Å². The Morgan fingerprint density at radius 2 is 2.00 bits per heavy atom. The lowest BCUT2D eigenvalue weighted by molar-refractivity contribution is -0.150. The highest BCUT2D eigenvalue weighted by Gasteiger charge is 2.31. The van der Waals surface area contributed by atoms with Gasteiger partial charge in [-0.05, 0) is 19.1 Å². The third kappa shape index (κ3) is 4.59. The second-order valence-electron chi connectivity index (χ2n) is 10.2. The summed E-state index contributed by atoms with van der Waals surface area (Å²) in [5.41, 5.74) is 3.75. The van der Waals surface area contributed by atoms with Gasteiger partial charge in [-0.3, -0.25) is 14.2 Å². The van der Waals surface area contributed by atoms with Crippen molar-refractivity contribution in [2.45, 2.75) is 39.0 Å². The Morgan fingerprint density at radius 3 is 2.73 bits per heavy atom. The molecule has 2 aliphatic rings. The van der Waals surface area contributed by atoms with Crippen LogP contribution in [0.15, 0.2) is 24.3 Å². The molecule has 0 aliphatic carbocycles. The number of ether oxygens (including phenoxy) is 1. The number of nitrogens with zero attached hydrogens (tertiary/aromatic N) is 8. The maximum Gasteiger partial charge on any atom is 0.251 e. The molecule has 40 heavy (non-hydrogen) atoms. The Kier molecular flexibility index (Phi) is 6.94. The Hall–Kier alpha value is -3.94. The molecular formula is C27H33N9O4. The van der Waals surface area contributed by atoms with E-state index >= 15 is 0 Å². The van der Waals surface area contributed by atoms with Crippen LogP contribution in [0.5, 0.6) is 0 Å². The van der Waals surface area contributed by atoms with Crippen molar-refractivity contribution in [3.63, 3.8) is 0 Å². The molecule has 2 N–H and O–H groups in total. The van der Waals surface area contributed by atoms with Crippen molar-refractivity contribution in [1.82, 2.24) is 44.2 Å². The van der Waals surface area contributed by atoms with Crippen LogP contribution in [-0.2, 0) is 34.3 Å². The fourth-order valence-corrected chi connectivity index (χ4v) is 5.36. The van der Waals surface area contributed by atoms with Gasteiger partial charge in [0.2, 0.25) is 11.9 Å². The number of nitrogens with one attached hydrogen (secondary N) is 1. The molecule has 2 unspecified atom stereocenters. The molecule has 0 bridgehead atoms. The minimum absolute atomic E-state index is 0.0715. The van der Waals surface area contributed by atoms with E-state index in [0.717, 1.165) is 23.4 Å². The lowest BCUT2D eigenvalue weighted by Crippen LogP contribution is -2.53. The number of amides is 2. The Labute approximate surface area is 230 Å². The molecule has 5 heterocycles. The van der Waals surface area contributed by atoms with E-state index in [9.17, 15) is 14.7 Å². The first-order chi connectivity index (χ1) is 19.4. The molecule has 210 valence electrons. The van der Waals surface area contributed by atoms with E-state index in [1.54, 1.807) is 4.90 Å². The Bertz CT molecular complexity index is 1590. The minimum atomic E-state index is -1.14. The summed E-state index contributed by atoms with van der Waals surface area (Å²) in [5, 5.41) is 13.0. The number of aliphatic hydroxyl groups is 1. The highest BCUT2D eigenvalue weighted by molar-refractivity contribution is 5.88. The van der Waals surface area contributed by atoms with Gasteiger partial charge in [0.25, 0.3) is 5.91 Å². The first kappa shape index (κ1) is 26.3. The number of carbonyl (C=O) groups is 2. The molecule has 2 atom stereocenters. The summed E-state index contributed by atoms with van der Waals surface area (Å²) in [6, 6.07) is 7.92. The van der Waals surface area contributed by atoms with Crippen molar-refractivity contribution in [2.75, 3.05) is 39.3 Å². The number of para-hydroxylation sites is 2. The molecule has 6 rings (SSSR count). The lowest BCUT2D eigenvalue weighted by atomic mass is 10.2. The van der Waals surface area contributed by atoms with Gasteiger partial charge in [-0.25, -0.2) is 15.0 Å². The molecule has 13 heteroatoms. The third-order valence-electron chi connectivity index (χ3n) is 7.53. The van der Waals surface area contributed by atoms with Gasteiger partial charge in [0.05, 0.1) is 30.7 Å². The zero-order valence-electron chi connectivity index (χ0n) is 22.9. The summed E-state index contributed by atoms with van der Waals surface area (Å²) in [7, 11) is 1.88. The summed E-state index contributed by atoms with van der Waals surface area (Å²) < 4.78 is 9.99. The normalized spacial score (nSPS) is 19.1. The number of carbonyl (C=O) groups excluding carboxylic acids is 2. The van der Waals surface area contributed by atoms with E-state index in [0.29, 0.717) is 61.3 Å². The van der Waals surface area contributed by atoms with Crippen LogP contribution in [0.2, 0.25) is 0 Å². The second-order valence-corrected chi connectivity index (χ2v) is 10.2. The van der Waals surface area contributed by atoms with Gasteiger partial charge < -0.3 is 29.5 Å². The number of aliphatic hydroxyl groups excluding tert-OH is 1. The number of rotatable bonds is 6. The molecule has 4 aromatic rings. The van der Waals surface area contributed by atoms with Crippen LogP contribution in [0.4, 0.5) is 0 Å². The predicted molar refractivity (Wildman–Crippen MR) is 146 cm³/mol. The van der Waals surface area contributed by atoms with E-state index in [2.05, 4.69) is 12.2 Å². The van der Waals surface area contributed by atoms with Crippen LogP contribution < -0.4 is 5.32 Å². The van der Waals surface area contributed by atoms with Crippen LogP contribution in [-0.4, -0.2) is 101 Å². The van der Waals surface area contributed by atoms with E-state index in [1.165, 1.54) is 11.8 Å². The van der Waals surface area contributed by atoms with Crippen LogP contribution in [0.1, 0.15) is 37.3 Å². The summed E-state index contributed by atoms with van der Waals surface area (Å²) in [6.45, 7) is 6.27. The molecule has 2 amide bonds. The molecular weight excluding hydrogens is 514 g/mol. The van der Waals surface area contributed by atoms with Crippen LogP contribution in [0.25, 0.3) is 28.1 Å². The van der Waals surface area contributed by atoms with Crippen molar-refractivity contribution < 1.29 is 19.4 Å². The number of aromatic nitrogens is 6. The number of aryl methyl sites for hydroxylation is 2. The van der Waals surface area contributed by atoms with Gasteiger partial charge in [-0.1, -0.05) is 19.1 Å². The smallest absolute Gasteiger partial charge is 0.251 e. The topological polar surface area (TPSA) is 144 Å². The molecule has 3 aromatic heterocycles. The van der Waals surface area contributed by atoms with Gasteiger partial charge in [0, 0.05) is 39.6 Å². The molecule has 2 saturated heterocycles. The first-order valence-electron chi connectivity index (χ1n) is 13.6. The van der Waals surface area contributed by atoms with Crippen LogP contribution >= 0.6 is 0 Å². The first-order valence-corrected chi connectivity index (χ1v) is 13.6. The molecule has 2 fully saturated rings. The Balaban J connectivity index is 1.41. The third-order valence-corrected chi connectivity index (χ3v) is 7.53. The minimum Gasteiger partial charge on any atom is -0.384 e. The number of hydrogen-bond donors (Lipinski definition) is 2. The van der Waals surface area contributed by atoms with E-state index < -0.39 is 12.0 Å². The van der Waals surface area contributed by atoms with E-state index in [4.69, 9.17) is 24.7 Å². The average molecular weight is 548 g/mol. The number of hydrogen-bond acceptors (Lipinski definition) is 9. The summed E-state index contributed by atoms with van der Waals surface area (Å²) in [5.74, 6) is 1.37. The molecule has 0 radical (unpaired) electrons. The molecule has 0 spiro atoms. The van der Waals surface area contributed by atoms with Gasteiger partial charge in [-0.2, -0.15) is 4.98 Å². The fourth-order valence-electron chi connectivity index (χ4n) is 5.36. The average Bonchev–Trinajstić information content (AvgIpc) is 3.50. The number of benzene rings is 1. The van der Waals surface area contributed by atoms with Gasteiger partial charge in [0.1, 0.15) is 35.1 Å². The standard InChI is InChI=1S/C27H33N9O4/c1-4-20-29-17-7-5-6-8-18(17)36(20)27-31-23(19-13-28-9-12-40-19)24-25(32-27)33(3)21(30-24)14-34-10-11-35(15-22(34)38)26(39)16(2)37/h5-8,16,19,28,37H,4,9-15H2,1-3H3. The predicted octanol–water partition coefficient (Wildman–Crippen LogP) is 0.477. The van der Waals surface area contributed by atoms with Gasteiger partial charge in [-0.15, -0.1) is 0 Å². The fraction of sp³-hybridized carbons (Fsp3) is 0.481. The van der Waals surface area contributed by atoms with Crippen molar-refractivity contribution in [3.8, 4) is 5.95 Å². The van der Waals surface area contributed by atoms with E-state index in [1.807, 2.05) is 40.4 Å². The monoisotopic (exact) mass is 547 g/mol. The van der Waals surface area contributed by atoms with Crippen molar-refractivity contribution >= 4 is 34.0 Å². The van der Waals surface area contributed by atoms with E-state index in [-0.39, 0.29) is 25.1 Å². The van der Waals surface area contributed by atoms with Crippen LogP contribution in [0.3, 0.4) is 0 Å². The maximum absolute atomic E-state index is 12.9. The number of fused-ring (bicyclic) bond motifs is 2. The molecule has 13 nitrogen and oxygen atoms in total. The van der Waals surface area contributed by atoms with Crippen molar-refractivity contribution in [3.05, 3.63) is 41.6 Å². The second kappa shape index (κ2) is 10.6. The molecule has 1 aromatic carbocycles. The molecule has 2 aliphatic heterocycles. The lowest BCUT2D eigenvalue weighted by Gasteiger charge is -2.34. The maximum atomic E-state index is 12.9. The number of imidazole rings is 2. The highest BCUT2D eigenvalue weighted by atomic mass is 16.5. The van der Waals surface area contributed by atoms with Crippen molar-refractivity contribution in [2.24, 2.45) is 7.05 Å². The number of piperazine rings is 1. The summed E-state index contributed by atoms with van der Waals surface area (Å²) >= 11 is 0. The highest BCUT2D eigenvalue weighted by Crippen LogP contribution is 2.29.